The third-order valence-electron chi connectivity index (χ3n) is 5.97. The van der Waals surface area contributed by atoms with Crippen molar-refractivity contribution in [3.8, 4) is 12.1 Å². The van der Waals surface area contributed by atoms with Crippen LogP contribution in [-0.4, -0.2) is 68.1 Å². The van der Waals surface area contributed by atoms with Crippen LogP contribution in [0.25, 0.3) is 12.2 Å². The number of piperidine rings is 1. The fourth-order valence-electron chi connectivity index (χ4n) is 4.09. The Balaban J connectivity index is 1.57. The van der Waals surface area contributed by atoms with E-state index in [1.165, 1.54) is 0 Å². The van der Waals surface area contributed by atoms with Crippen molar-refractivity contribution >= 4 is 17.9 Å². The van der Waals surface area contributed by atoms with E-state index in [9.17, 15) is 4.79 Å². The molecule has 166 valence electrons. The number of carbonyl (C=O) groups is 1. The zero-order valence-corrected chi connectivity index (χ0v) is 18.5. The van der Waals surface area contributed by atoms with Gasteiger partial charge in [0, 0.05) is 50.4 Å². The number of rotatable bonds is 5. The maximum atomic E-state index is 13.3. The van der Waals surface area contributed by atoms with Crippen LogP contribution in [-0.2, 0) is 9.53 Å². The van der Waals surface area contributed by atoms with Gasteiger partial charge in [0.2, 0.25) is 0 Å². The number of ether oxygens (including phenoxy) is 1. The summed E-state index contributed by atoms with van der Waals surface area (Å²) in [4.78, 5) is 18.0. The van der Waals surface area contributed by atoms with Crippen molar-refractivity contribution in [2.45, 2.75) is 0 Å². The van der Waals surface area contributed by atoms with Crippen LogP contribution in [0.3, 0.4) is 0 Å². The third-order valence-corrected chi connectivity index (χ3v) is 5.97. The van der Waals surface area contributed by atoms with Gasteiger partial charge in [-0.3, -0.25) is 14.6 Å². The van der Waals surface area contributed by atoms with Crippen molar-refractivity contribution in [1.82, 2.24) is 9.80 Å². The zero-order chi connectivity index (χ0) is 23.0. The molecule has 0 spiro atoms. The van der Waals surface area contributed by atoms with Crippen LogP contribution in [0, 0.1) is 22.7 Å². The van der Waals surface area contributed by atoms with Crippen LogP contribution in [0.2, 0.25) is 0 Å². The van der Waals surface area contributed by atoms with Gasteiger partial charge in [0.25, 0.3) is 0 Å². The molecule has 33 heavy (non-hydrogen) atoms. The fraction of sp³-hybridized carbons (Fsp3) is 0.296. The number of ketones is 1. The Hall–Kier alpha value is -3.55. The lowest BCUT2D eigenvalue weighted by molar-refractivity contribution is -0.113. The highest BCUT2D eigenvalue weighted by molar-refractivity contribution is 6.14. The van der Waals surface area contributed by atoms with Crippen LogP contribution in [0.5, 0.6) is 0 Å². The number of likely N-dealkylation sites (tertiary alicyclic amines) is 1. The van der Waals surface area contributed by atoms with Crippen LogP contribution in [0.15, 0.2) is 59.7 Å². The van der Waals surface area contributed by atoms with Gasteiger partial charge in [-0.1, -0.05) is 24.3 Å². The highest BCUT2D eigenvalue weighted by atomic mass is 16.5. The summed E-state index contributed by atoms with van der Waals surface area (Å²) in [5.41, 5.74) is 4.50. The summed E-state index contributed by atoms with van der Waals surface area (Å²) in [5.74, 6) is 0.0475. The van der Waals surface area contributed by atoms with Gasteiger partial charge in [-0.15, -0.1) is 0 Å². The lowest BCUT2D eigenvalue weighted by atomic mass is 9.94. The highest BCUT2D eigenvalue weighted by Crippen LogP contribution is 2.22. The molecule has 6 nitrogen and oxygen atoms in total. The molecule has 2 saturated heterocycles. The molecule has 2 aromatic carbocycles. The van der Waals surface area contributed by atoms with Gasteiger partial charge in [-0.2, -0.15) is 10.5 Å². The van der Waals surface area contributed by atoms with E-state index in [2.05, 4.69) is 21.9 Å². The maximum Gasteiger partial charge on any atom is 0.187 e. The van der Waals surface area contributed by atoms with Crippen LogP contribution >= 0.6 is 0 Å². The van der Waals surface area contributed by atoms with Gasteiger partial charge in [-0.25, -0.2) is 0 Å². The predicted octanol–water partition coefficient (Wildman–Crippen LogP) is 3.11. The molecule has 0 bridgehead atoms. The molecule has 0 atom stereocenters. The number of Topliss-reactive ketones (excluding diaryl/α,β-unsaturated/α-hetero) is 1. The molecule has 2 heterocycles. The third kappa shape index (κ3) is 6.03. The molecule has 6 heteroatoms. The van der Waals surface area contributed by atoms with Crippen molar-refractivity contribution in [3.05, 3.63) is 81.9 Å². The Morgan fingerprint density at radius 1 is 0.758 bits per heavy atom. The normalized spacial score (nSPS) is 20.0. The van der Waals surface area contributed by atoms with Gasteiger partial charge < -0.3 is 4.74 Å². The molecule has 2 aliphatic heterocycles. The van der Waals surface area contributed by atoms with Crippen molar-refractivity contribution in [2.24, 2.45) is 0 Å². The fourth-order valence-corrected chi connectivity index (χ4v) is 4.09. The average Bonchev–Trinajstić information content (AvgIpc) is 2.87. The molecule has 0 aromatic heterocycles. The molecule has 0 unspecified atom stereocenters. The largest absolute Gasteiger partial charge is 0.379 e. The van der Waals surface area contributed by atoms with Gasteiger partial charge in [0.15, 0.2) is 5.78 Å². The molecule has 0 radical (unpaired) electrons. The summed E-state index contributed by atoms with van der Waals surface area (Å²) in [6.07, 6.45) is 3.86. The van der Waals surface area contributed by atoms with E-state index in [1.54, 1.807) is 24.3 Å². The smallest absolute Gasteiger partial charge is 0.187 e. The van der Waals surface area contributed by atoms with Crippen LogP contribution < -0.4 is 0 Å². The number of nitriles is 2. The standard InChI is InChI=1S/C27H26N4O2/c28-17-23-5-1-21(2-6-23)15-25-19-31(10-9-30-11-13-33-14-12-30)20-26(27(25)32)16-22-3-7-24(18-29)8-4-22/h1-8,15-16H,9-14,19-20H2/b25-15-,26-16-. The average molecular weight is 439 g/mol. The van der Waals surface area contributed by atoms with E-state index in [1.807, 2.05) is 36.4 Å². The molecular weight excluding hydrogens is 412 g/mol. The van der Waals surface area contributed by atoms with Crippen molar-refractivity contribution < 1.29 is 9.53 Å². The first-order valence-electron chi connectivity index (χ1n) is 11.1. The first-order chi connectivity index (χ1) is 16.1. The number of hydrogen-bond acceptors (Lipinski definition) is 6. The van der Waals surface area contributed by atoms with Gasteiger partial charge in [0.1, 0.15) is 0 Å². The van der Waals surface area contributed by atoms with Gasteiger partial charge in [0.05, 0.1) is 36.5 Å². The van der Waals surface area contributed by atoms with E-state index in [0.29, 0.717) is 24.2 Å². The second-order valence-electron chi connectivity index (χ2n) is 8.30. The molecule has 0 saturated carbocycles. The number of nitrogens with zero attached hydrogens (tertiary/aromatic N) is 4. The summed E-state index contributed by atoms with van der Waals surface area (Å²) in [5, 5.41) is 18.1. The molecule has 2 aliphatic rings. The molecule has 0 aliphatic carbocycles. The molecule has 4 rings (SSSR count). The first-order valence-corrected chi connectivity index (χ1v) is 11.1. The first kappa shape index (κ1) is 22.6. The monoisotopic (exact) mass is 438 g/mol. The second kappa shape index (κ2) is 10.8. The Bertz CT molecular complexity index is 1050. The van der Waals surface area contributed by atoms with E-state index in [0.717, 1.165) is 61.7 Å². The summed E-state index contributed by atoms with van der Waals surface area (Å²) >= 11 is 0. The van der Waals surface area contributed by atoms with Crippen molar-refractivity contribution in [2.75, 3.05) is 52.5 Å². The van der Waals surface area contributed by atoms with Crippen molar-refractivity contribution in [3.63, 3.8) is 0 Å². The number of morpholine rings is 1. The van der Waals surface area contributed by atoms with E-state index in [4.69, 9.17) is 15.3 Å². The molecular formula is C27H26N4O2. The summed E-state index contributed by atoms with van der Waals surface area (Å²) < 4.78 is 5.45. The van der Waals surface area contributed by atoms with E-state index < -0.39 is 0 Å². The molecule has 0 amide bonds. The van der Waals surface area contributed by atoms with E-state index in [-0.39, 0.29) is 5.78 Å². The molecule has 2 aromatic rings. The Kier molecular flexibility index (Phi) is 7.44. The minimum absolute atomic E-state index is 0.0475. The Morgan fingerprint density at radius 3 is 1.67 bits per heavy atom. The lowest BCUT2D eigenvalue weighted by Gasteiger charge is -2.33. The Labute approximate surface area is 194 Å². The quantitative estimate of drug-likeness (QED) is 0.668. The summed E-state index contributed by atoms with van der Waals surface area (Å²) in [6, 6.07) is 18.8. The number of hydrogen-bond donors (Lipinski definition) is 0. The van der Waals surface area contributed by atoms with E-state index >= 15 is 0 Å². The predicted molar refractivity (Wildman–Crippen MR) is 127 cm³/mol. The Morgan fingerprint density at radius 2 is 1.21 bits per heavy atom. The summed E-state index contributed by atoms with van der Waals surface area (Å²) in [6.45, 7) is 6.40. The number of carbonyl (C=O) groups excluding carboxylic acids is 1. The summed E-state index contributed by atoms with van der Waals surface area (Å²) in [7, 11) is 0. The minimum Gasteiger partial charge on any atom is -0.379 e. The SMILES string of the molecule is N#Cc1ccc(/C=C2/CN(CCN3CCOCC3)C/C(=C/c3ccc(C#N)cc3)C2=O)cc1. The molecule has 0 N–H and O–H groups in total. The van der Waals surface area contributed by atoms with Crippen LogP contribution in [0.4, 0.5) is 0 Å². The zero-order valence-electron chi connectivity index (χ0n) is 18.5. The maximum absolute atomic E-state index is 13.3. The lowest BCUT2D eigenvalue weighted by Crippen LogP contribution is -2.44. The topological polar surface area (TPSA) is 80.4 Å². The minimum atomic E-state index is 0.0475. The van der Waals surface area contributed by atoms with Gasteiger partial charge >= 0.3 is 0 Å². The van der Waals surface area contributed by atoms with Gasteiger partial charge in [-0.05, 0) is 47.5 Å². The molecule has 2 fully saturated rings. The second-order valence-corrected chi connectivity index (χ2v) is 8.30. The van der Waals surface area contributed by atoms with Crippen molar-refractivity contribution in [1.29, 1.82) is 10.5 Å². The van der Waals surface area contributed by atoms with Crippen LogP contribution in [0.1, 0.15) is 22.3 Å². The number of benzene rings is 2. The highest BCUT2D eigenvalue weighted by Gasteiger charge is 2.26.